The molecule has 0 aliphatic carbocycles. The fourth-order valence-corrected chi connectivity index (χ4v) is 1.88. The Morgan fingerprint density at radius 3 is 2.59 bits per heavy atom. The van der Waals surface area contributed by atoms with Crippen molar-refractivity contribution in [3.05, 3.63) is 23.4 Å². The molecular weight excluding hydrogens is 210 g/mol. The van der Waals surface area contributed by atoms with Crippen LogP contribution in [-0.4, -0.2) is 25.1 Å². The number of nitrogens with one attached hydrogen (secondary N) is 1. The van der Waals surface area contributed by atoms with Crippen LogP contribution in [0.4, 0.5) is 5.82 Å². The molecule has 0 saturated carbocycles. The highest BCUT2D eigenvalue weighted by molar-refractivity contribution is 5.40. The topological polar surface area (TPSA) is 28.2 Å². The van der Waals surface area contributed by atoms with Gasteiger partial charge in [-0.05, 0) is 31.0 Å². The lowest BCUT2D eigenvalue weighted by Gasteiger charge is -2.21. The number of pyridine rings is 1. The molecule has 1 aromatic heterocycles. The first-order chi connectivity index (χ1) is 8.04. The van der Waals surface area contributed by atoms with Gasteiger partial charge in [-0.3, -0.25) is 0 Å². The Kier molecular flexibility index (Phi) is 5.42. The van der Waals surface area contributed by atoms with E-state index in [4.69, 9.17) is 0 Å². The number of aryl methyl sites for hydroxylation is 1. The molecule has 0 spiro atoms. The minimum absolute atomic E-state index is 0.656. The molecular formula is C14H25N3. The molecule has 0 atom stereocenters. The van der Waals surface area contributed by atoms with Crippen molar-refractivity contribution in [2.24, 2.45) is 5.92 Å². The van der Waals surface area contributed by atoms with Crippen LogP contribution in [0.3, 0.4) is 0 Å². The zero-order valence-corrected chi connectivity index (χ0v) is 11.7. The predicted octanol–water partition coefficient (Wildman–Crippen LogP) is 2.59. The minimum atomic E-state index is 0.656. The van der Waals surface area contributed by atoms with Crippen molar-refractivity contribution in [2.45, 2.75) is 34.2 Å². The monoisotopic (exact) mass is 235 g/mol. The van der Waals surface area contributed by atoms with Crippen molar-refractivity contribution < 1.29 is 0 Å². The fourth-order valence-electron chi connectivity index (χ4n) is 1.88. The number of anilines is 1. The maximum Gasteiger partial charge on any atom is 0.128 e. The van der Waals surface area contributed by atoms with Crippen LogP contribution in [0, 0.1) is 12.8 Å². The predicted molar refractivity (Wildman–Crippen MR) is 74.5 cm³/mol. The summed E-state index contributed by atoms with van der Waals surface area (Å²) in [5.74, 6) is 1.72. The van der Waals surface area contributed by atoms with Crippen LogP contribution >= 0.6 is 0 Å². The highest BCUT2D eigenvalue weighted by Crippen LogP contribution is 2.14. The standard InChI is InChI=1S/C14H25N3/c1-6-15-9-13-7-8-14(16-12(13)4)17(5)10-11(2)3/h7-8,11,15H,6,9-10H2,1-5H3. The molecule has 0 amide bonds. The van der Waals surface area contributed by atoms with Gasteiger partial charge in [-0.2, -0.15) is 0 Å². The molecule has 1 aromatic rings. The number of nitrogens with zero attached hydrogens (tertiary/aromatic N) is 2. The Bertz CT molecular complexity index is 347. The average Bonchev–Trinajstić information content (AvgIpc) is 2.26. The first-order valence-corrected chi connectivity index (χ1v) is 6.43. The van der Waals surface area contributed by atoms with Gasteiger partial charge >= 0.3 is 0 Å². The second kappa shape index (κ2) is 6.60. The summed E-state index contributed by atoms with van der Waals surface area (Å²) in [6, 6.07) is 4.29. The van der Waals surface area contributed by atoms with E-state index in [0.29, 0.717) is 5.92 Å². The molecule has 17 heavy (non-hydrogen) atoms. The molecule has 0 aromatic carbocycles. The minimum Gasteiger partial charge on any atom is -0.359 e. The van der Waals surface area contributed by atoms with Gasteiger partial charge in [-0.1, -0.05) is 26.8 Å². The van der Waals surface area contributed by atoms with Gasteiger partial charge in [0.05, 0.1) is 0 Å². The maximum absolute atomic E-state index is 4.66. The smallest absolute Gasteiger partial charge is 0.128 e. The normalized spacial score (nSPS) is 10.9. The van der Waals surface area contributed by atoms with E-state index >= 15 is 0 Å². The van der Waals surface area contributed by atoms with Crippen LogP contribution in [0.5, 0.6) is 0 Å². The second-order valence-corrected chi connectivity index (χ2v) is 4.97. The van der Waals surface area contributed by atoms with Gasteiger partial charge in [0.2, 0.25) is 0 Å². The molecule has 0 fully saturated rings. The summed E-state index contributed by atoms with van der Waals surface area (Å²) in [5.41, 5.74) is 2.41. The SMILES string of the molecule is CCNCc1ccc(N(C)CC(C)C)nc1C. The Labute approximate surface area is 105 Å². The summed E-state index contributed by atoms with van der Waals surface area (Å²) in [4.78, 5) is 6.88. The molecule has 3 heteroatoms. The molecule has 0 bridgehead atoms. The lowest BCUT2D eigenvalue weighted by molar-refractivity contribution is 0.633. The summed E-state index contributed by atoms with van der Waals surface area (Å²) in [7, 11) is 2.10. The molecule has 1 N–H and O–H groups in total. The highest BCUT2D eigenvalue weighted by atomic mass is 15.2. The third kappa shape index (κ3) is 4.35. The van der Waals surface area contributed by atoms with E-state index in [1.165, 1.54) is 5.56 Å². The van der Waals surface area contributed by atoms with E-state index in [1.807, 2.05) is 0 Å². The van der Waals surface area contributed by atoms with Crippen LogP contribution in [0.15, 0.2) is 12.1 Å². The summed E-state index contributed by atoms with van der Waals surface area (Å²) in [6.45, 7) is 11.6. The van der Waals surface area contributed by atoms with Gasteiger partial charge in [0.25, 0.3) is 0 Å². The number of hydrogen-bond donors (Lipinski definition) is 1. The lowest BCUT2D eigenvalue weighted by Crippen LogP contribution is -2.24. The molecule has 0 unspecified atom stereocenters. The van der Waals surface area contributed by atoms with Gasteiger partial charge < -0.3 is 10.2 Å². The van der Waals surface area contributed by atoms with Crippen molar-refractivity contribution >= 4 is 5.82 Å². The van der Waals surface area contributed by atoms with Crippen molar-refractivity contribution in [1.29, 1.82) is 0 Å². The zero-order chi connectivity index (χ0) is 12.8. The molecule has 0 aliphatic heterocycles. The van der Waals surface area contributed by atoms with E-state index < -0.39 is 0 Å². The largest absolute Gasteiger partial charge is 0.359 e. The van der Waals surface area contributed by atoms with Crippen molar-refractivity contribution in [3.8, 4) is 0 Å². The number of rotatable bonds is 6. The zero-order valence-electron chi connectivity index (χ0n) is 11.7. The Morgan fingerprint density at radius 1 is 1.35 bits per heavy atom. The summed E-state index contributed by atoms with van der Waals surface area (Å²) < 4.78 is 0. The Balaban J connectivity index is 2.73. The molecule has 96 valence electrons. The summed E-state index contributed by atoms with van der Waals surface area (Å²) >= 11 is 0. The second-order valence-electron chi connectivity index (χ2n) is 4.97. The van der Waals surface area contributed by atoms with Gasteiger partial charge in [-0.15, -0.1) is 0 Å². The van der Waals surface area contributed by atoms with E-state index in [9.17, 15) is 0 Å². The maximum atomic E-state index is 4.66. The van der Waals surface area contributed by atoms with Crippen LogP contribution in [0.2, 0.25) is 0 Å². The van der Waals surface area contributed by atoms with Gasteiger partial charge in [0.1, 0.15) is 5.82 Å². The van der Waals surface area contributed by atoms with Crippen LogP contribution in [-0.2, 0) is 6.54 Å². The lowest BCUT2D eigenvalue weighted by atomic mass is 10.2. The highest BCUT2D eigenvalue weighted by Gasteiger charge is 2.07. The molecule has 0 radical (unpaired) electrons. The first kappa shape index (κ1) is 14.0. The Morgan fingerprint density at radius 2 is 2.06 bits per heavy atom. The van der Waals surface area contributed by atoms with Crippen molar-refractivity contribution in [1.82, 2.24) is 10.3 Å². The molecule has 1 heterocycles. The average molecular weight is 235 g/mol. The summed E-state index contributed by atoms with van der Waals surface area (Å²) in [5, 5.41) is 3.33. The first-order valence-electron chi connectivity index (χ1n) is 6.43. The molecule has 0 saturated heterocycles. The van der Waals surface area contributed by atoms with Gasteiger partial charge in [0, 0.05) is 25.8 Å². The number of hydrogen-bond acceptors (Lipinski definition) is 3. The van der Waals surface area contributed by atoms with Crippen molar-refractivity contribution in [2.75, 3.05) is 25.0 Å². The molecule has 3 nitrogen and oxygen atoms in total. The molecule has 1 rings (SSSR count). The van der Waals surface area contributed by atoms with E-state index in [-0.39, 0.29) is 0 Å². The third-order valence-corrected chi connectivity index (χ3v) is 2.78. The third-order valence-electron chi connectivity index (χ3n) is 2.78. The van der Waals surface area contributed by atoms with Crippen molar-refractivity contribution in [3.63, 3.8) is 0 Å². The fraction of sp³-hybridized carbons (Fsp3) is 0.643. The molecule has 0 aliphatic rings. The van der Waals surface area contributed by atoms with Crippen LogP contribution < -0.4 is 10.2 Å². The number of aromatic nitrogens is 1. The quantitative estimate of drug-likeness (QED) is 0.821. The summed E-state index contributed by atoms with van der Waals surface area (Å²) in [6.07, 6.45) is 0. The van der Waals surface area contributed by atoms with E-state index in [2.05, 4.69) is 62.1 Å². The van der Waals surface area contributed by atoms with Crippen LogP contribution in [0.25, 0.3) is 0 Å². The van der Waals surface area contributed by atoms with Crippen LogP contribution in [0.1, 0.15) is 32.0 Å². The van der Waals surface area contributed by atoms with E-state index in [1.54, 1.807) is 0 Å². The Hall–Kier alpha value is -1.09. The van der Waals surface area contributed by atoms with Gasteiger partial charge in [-0.25, -0.2) is 4.98 Å². The van der Waals surface area contributed by atoms with E-state index in [0.717, 1.165) is 31.1 Å². The van der Waals surface area contributed by atoms with Gasteiger partial charge in [0.15, 0.2) is 0 Å².